The minimum atomic E-state index is -6.23. The highest BCUT2D eigenvalue weighted by atomic mass is 32.3. The van der Waals surface area contributed by atoms with Gasteiger partial charge < -0.3 is 95.1 Å². The fourth-order valence-corrected chi connectivity index (χ4v) is 13.0. The fourth-order valence-electron chi connectivity index (χ4n) is 10.6. The molecule has 0 aromatic carbocycles. The zero-order chi connectivity index (χ0) is 62.1. The molecule has 38 nitrogen and oxygen atoms in total. The fraction of sp³-hybridized carbons (Fsp3) is 0.974. The first-order valence-electron chi connectivity index (χ1n) is 24.7. The normalized spacial score (nSPS) is 42.1. The molecule has 0 spiro atoms. The number of carbonyl (C=O) groups excluding carboxylic acids is 1. The summed E-state index contributed by atoms with van der Waals surface area (Å²) in [6, 6.07) is 0. The number of rotatable bonds is 28. The van der Waals surface area contributed by atoms with Crippen molar-refractivity contribution in [3.8, 4) is 0 Å². The minimum absolute atomic E-state index is 0.0257. The summed E-state index contributed by atoms with van der Waals surface area (Å²) < 4.78 is 279. The number of fused-ring (bicyclic) bond motifs is 3. The minimum Gasteiger partial charge on any atom is -0.834 e. The quantitative estimate of drug-likeness (QED) is 0.0134. The molecule has 0 N–H and O–H groups in total. The van der Waals surface area contributed by atoms with Crippen LogP contribution in [-0.2, 0) is 143 Å². The zero-order valence-electron chi connectivity index (χ0n) is 44.4. The molecule has 0 aliphatic carbocycles. The van der Waals surface area contributed by atoms with Crippen LogP contribution in [0.5, 0.6) is 0 Å². The second-order valence-corrected chi connectivity index (χ2v) is 25.6. The van der Waals surface area contributed by atoms with Crippen LogP contribution < -0.4 is 15.5 Å². The van der Waals surface area contributed by atoms with Gasteiger partial charge in [-0.3, -0.25) is 30.1 Å². The third-order valence-corrected chi connectivity index (χ3v) is 17.7. The van der Waals surface area contributed by atoms with Crippen molar-refractivity contribution in [2.45, 2.75) is 178 Å². The van der Waals surface area contributed by atoms with Crippen molar-refractivity contribution in [3.05, 3.63) is 0 Å². The van der Waals surface area contributed by atoms with Gasteiger partial charge in [0.15, 0.2) is 43.6 Å². The van der Waals surface area contributed by atoms with E-state index in [9.17, 15) is 85.1 Å². The second kappa shape index (κ2) is 28.1. The summed E-state index contributed by atoms with van der Waals surface area (Å²) in [5, 5.41) is 39.2. The van der Waals surface area contributed by atoms with Gasteiger partial charge in [-0.25, -0.2) is 42.1 Å². The Morgan fingerprint density at radius 1 is 0.554 bits per heavy atom. The largest absolute Gasteiger partial charge is 0.834 e. The van der Waals surface area contributed by atoms with Gasteiger partial charge in [0.05, 0.1) is 43.6 Å². The maximum atomic E-state index is 12.9. The second-order valence-electron chi connectivity index (χ2n) is 20.0. The van der Waals surface area contributed by atoms with Crippen molar-refractivity contribution >= 4 is 70.3 Å². The maximum absolute atomic E-state index is 12.9. The first-order valence-corrected chi connectivity index (χ1v) is 32.0. The molecule has 7 aliphatic rings. The molecule has 7 fully saturated rings. The summed E-state index contributed by atoms with van der Waals surface area (Å²) in [4.78, 5) is 12.9. The average molecular weight is 1330 g/mol. The van der Waals surface area contributed by atoms with Gasteiger partial charge in [0.2, 0.25) is 57.8 Å². The number of hydrogen-bond donors (Lipinski definition) is 0. The summed E-state index contributed by atoms with van der Waals surface area (Å²) in [7, 11) is -29.0. The van der Waals surface area contributed by atoms with Crippen LogP contribution in [0.2, 0.25) is 0 Å². The van der Waals surface area contributed by atoms with E-state index in [0.717, 1.165) is 0 Å². The Hall–Kier alpha value is -1.47. The molecule has 7 heterocycles. The molecule has 44 heteroatoms. The molecule has 0 saturated carbocycles. The van der Waals surface area contributed by atoms with E-state index in [1.54, 1.807) is 27.7 Å². The molecule has 0 amide bonds. The summed E-state index contributed by atoms with van der Waals surface area (Å²) >= 11 is -0.154. The van der Waals surface area contributed by atoms with Crippen LogP contribution in [-0.4, -0.2) is 214 Å². The van der Waals surface area contributed by atoms with Crippen molar-refractivity contribution < 1.29 is 172 Å². The molecular weight excluding hydrogens is 1270 g/mol. The summed E-state index contributed by atoms with van der Waals surface area (Å²) in [5.74, 6) is -9.76. The van der Waals surface area contributed by atoms with E-state index in [0.29, 0.717) is 0 Å². The van der Waals surface area contributed by atoms with Crippen LogP contribution in [0.25, 0.3) is 0 Å². The summed E-state index contributed by atoms with van der Waals surface area (Å²) in [5.41, 5.74) is 0. The Kier molecular flexibility index (Phi) is 23.9. The monoisotopic (exact) mass is 1330 g/mol. The van der Waals surface area contributed by atoms with Gasteiger partial charge >= 0.3 is 0 Å². The van der Waals surface area contributed by atoms with Gasteiger partial charge in [-0.05, 0) is 37.9 Å². The van der Waals surface area contributed by atoms with Gasteiger partial charge in [0.1, 0.15) is 61.5 Å². The molecule has 486 valence electrons. The molecule has 7 saturated heterocycles. The maximum Gasteiger partial charge on any atom is 0.220 e. The van der Waals surface area contributed by atoms with Crippen molar-refractivity contribution in [1.29, 1.82) is 0 Å². The number of aliphatic carboxylic acids is 1. The highest BCUT2D eigenvalue weighted by molar-refractivity contribution is 7.89. The molecule has 7 aliphatic heterocycles. The molecular formula is C39H58O38S6-8. The topological polar surface area (TPSA) is 548 Å². The lowest BCUT2D eigenvalue weighted by Crippen LogP contribution is -2.74. The van der Waals surface area contributed by atoms with Gasteiger partial charge in [-0.1, -0.05) is 48.5 Å². The lowest BCUT2D eigenvalue weighted by molar-refractivity contribution is -0.777. The van der Waals surface area contributed by atoms with Crippen LogP contribution in [0.4, 0.5) is 0 Å². The van der Waals surface area contributed by atoms with Crippen LogP contribution in [0.1, 0.15) is 61.8 Å². The Morgan fingerprint density at radius 3 is 1.63 bits per heavy atom. The van der Waals surface area contributed by atoms with E-state index in [1.807, 2.05) is 0 Å². The number of hydrogen-bond acceptors (Lipinski definition) is 39. The first kappa shape index (κ1) is 70.6. The Morgan fingerprint density at radius 2 is 1.07 bits per heavy atom. The summed E-state index contributed by atoms with van der Waals surface area (Å²) in [6.07, 6.45) is -34.7. The van der Waals surface area contributed by atoms with Gasteiger partial charge in [-0.2, -0.15) is 0 Å². The van der Waals surface area contributed by atoms with Crippen molar-refractivity contribution in [1.82, 2.24) is 0 Å². The Balaban J connectivity index is 1.34. The molecule has 7 rings (SSSR count). The van der Waals surface area contributed by atoms with Crippen molar-refractivity contribution in [3.63, 3.8) is 0 Å². The highest BCUT2D eigenvalue weighted by Gasteiger charge is 2.64. The molecule has 83 heavy (non-hydrogen) atoms. The molecule has 25 atom stereocenters. The van der Waals surface area contributed by atoms with E-state index in [-0.39, 0.29) is 24.7 Å². The first-order chi connectivity index (χ1) is 38.3. The smallest absolute Gasteiger partial charge is 0.220 e. The van der Waals surface area contributed by atoms with Gasteiger partial charge in [0, 0.05) is 17.8 Å². The lowest BCUT2D eigenvalue weighted by Gasteiger charge is -2.58. The van der Waals surface area contributed by atoms with E-state index in [4.69, 9.17) is 68.8 Å². The molecule has 2 bridgehead atoms. The number of carboxylic acid groups (broad SMARTS) is 1. The number of carbonyl (C=O) groups is 1. The van der Waals surface area contributed by atoms with Crippen LogP contribution in [0.15, 0.2) is 0 Å². The molecule has 0 radical (unpaired) electrons. The van der Waals surface area contributed by atoms with Crippen LogP contribution >= 0.6 is 12.3 Å². The lowest BCUT2D eigenvalue weighted by atomic mass is 9.78. The summed E-state index contributed by atoms with van der Waals surface area (Å²) in [6.45, 7) is 7.07. The molecule has 11 unspecified atom stereocenters. The number of carboxylic acids is 1. The number of ether oxygens (including phenoxy) is 11. The third-order valence-electron chi connectivity index (χ3n) is 15.0. The van der Waals surface area contributed by atoms with Gasteiger partial charge in [0.25, 0.3) is 0 Å². The standard InChI is InChI=1S/C39H65O38S6/c1-9-21-27(29(72-78-77-76-43)26(20(8)63-21)73-81(50,51)52)68-38-25-19(7)33(39(71-38,12-59-25)60-13-40)70-37-32(75-83(56,57)58)30(74-82(53,54)55)28(23(65-37)11-62-80(47,48)49)67-36-18(6)16(4)24(31(69-36)34(41)42)66-35-17(5)14(2)15(3)22(64-35)10-61-79(44,45)46/h14-33,35-38,43H,9-13H2,1-8H3,(H,41,42)(H,44,45,46)(H,47,48,49)(H,50,51,52)(H,53,54,55)(H,56,57,58)/q-1/p-7/t14?,15-,16?,17?,18?,19+,20+,21-,22-,23?,24-,25+,26?,27+,28?,29?,30-,31+,32?,33?,35+,36+,37-,38+,39?/m0/s1. The van der Waals surface area contributed by atoms with E-state index in [2.05, 4.69) is 17.7 Å². The highest BCUT2D eigenvalue weighted by Crippen LogP contribution is 2.48. The van der Waals surface area contributed by atoms with Crippen LogP contribution in [0, 0.1) is 35.5 Å². The third kappa shape index (κ3) is 18.1. The Labute approximate surface area is 480 Å². The predicted molar refractivity (Wildman–Crippen MR) is 243 cm³/mol. The zero-order valence-corrected chi connectivity index (χ0v) is 49.3. The Bertz CT molecular complexity index is 2740. The SMILES string of the molecule is CC[C@@H]1O[C@H](C)C(OS(=O)(=O)[O-])C(OSOO[O-])[C@@H]1O[C@@H]1OC2(OC[O-])CO[C@@H]1[C@@H](C)C2O[C@@H]1OC(COS(=O)(=O)[O-])C(O[C@@H]2O[C@@H](C(=O)[O-])[C@@H](O[C@H]3O[C@@H](COS(=O)(=O)[O-])[C@@H](C)C(C)C3C)C(C)C2C)[C@H](OS(=O)(=O)[O-])C1OS(=O)(=O)[O-]. The van der Waals surface area contributed by atoms with E-state index >= 15 is 0 Å². The molecule has 0 aromatic heterocycles. The predicted octanol–water partition coefficient (Wildman–Crippen LogP) is -6.09. The van der Waals surface area contributed by atoms with E-state index < -0.39 is 231 Å². The van der Waals surface area contributed by atoms with Crippen LogP contribution in [0.3, 0.4) is 0 Å². The van der Waals surface area contributed by atoms with Crippen molar-refractivity contribution in [2.24, 2.45) is 35.5 Å². The van der Waals surface area contributed by atoms with E-state index in [1.165, 1.54) is 27.7 Å². The van der Waals surface area contributed by atoms with Crippen molar-refractivity contribution in [2.75, 3.05) is 26.6 Å². The molecule has 0 aromatic rings. The van der Waals surface area contributed by atoms with Gasteiger partial charge in [-0.15, -0.1) is 4.33 Å². The average Bonchev–Trinajstić information content (AvgIpc) is 2.94.